The van der Waals surface area contributed by atoms with Gasteiger partial charge < -0.3 is 5.11 Å². The quantitative estimate of drug-likeness (QED) is 0.658. The van der Waals surface area contributed by atoms with Crippen molar-refractivity contribution in [1.82, 2.24) is 0 Å². The molecular formula is C10H9FO2. The molecule has 0 aromatic heterocycles. The Labute approximate surface area is 75.0 Å². The third-order valence-electron chi connectivity index (χ3n) is 2.50. The van der Waals surface area contributed by atoms with Crippen LogP contribution in [-0.2, 0) is 16.8 Å². The summed E-state index contributed by atoms with van der Waals surface area (Å²) >= 11 is 0. The van der Waals surface area contributed by atoms with Gasteiger partial charge in [0, 0.05) is 0 Å². The highest BCUT2D eigenvalue weighted by molar-refractivity contribution is 5.68. The maximum Gasteiger partial charge on any atom is 0.156 e. The van der Waals surface area contributed by atoms with Gasteiger partial charge in [0.15, 0.2) is 6.29 Å². The second kappa shape index (κ2) is 2.64. The van der Waals surface area contributed by atoms with Crippen LogP contribution in [0.25, 0.3) is 0 Å². The third kappa shape index (κ3) is 1.16. The van der Waals surface area contributed by atoms with Crippen LogP contribution in [0, 0.1) is 5.82 Å². The lowest BCUT2D eigenvalue weighted by Crippen LogP contribution is -2.23. The van der Waals surface area contributed by atoms with Gasteiger partial charge in [0.1, 0.15) is 11.4 Å². The number of hydrogen-bond acceptors (Lipinski definition) is 2. The fourth-order valence-corrected chi connectivity index (χ4v) is 1.77. The predicted octanol–water partition coefficient (Wildman–Crippen LogP) is 1.16. The molecule has 1 N–H and O–H groups in total. The summed E-state index contributed by atoms with van der Waals surface area (Å²) in [6.07, 6.45) is 1.44. The van der Waals surface area contributed by atoms with Crippen molar-refractivity contribution in [3.63, 3.8) is 0 Å². The lowest BCUT2D eigenvalue weighted by Gasteiger charge is -2.15. The monoisotopic (exact) mass is 180 g/mol. The van der Waals surface area contributed by atoms with E-state index < -0.39 is 5.60 Å². The van der Waals surface area contributed by atoms with Crippen LogP contribution in [0.3, 0.4) is 0 Å². The van der Waals surface area contributed by atoms with Crippen molar-refractivity contribution < 1.29 is 14.3 Å². The molecule has 0 amide bonds. The first-order valence-electron chi connectivity index (χ1n) is 4.13. The lowest BCUT2D eigenvalue weighted by atomic mass is 9.98. The number of hydrogen-bond donors (Lipinski definition) is 1. The molecule has 0 saturated heterocycles. The van der Waals surface area contributed by atoms with E-state index in [1.54, 1.807) is 0 Å². The van der Waals surface area contributed by atoms with E-state index in [2.05, 4.69) is 0 Å². The molecule has 0 aliphatic heterocycles. The summed E-state index contributed by atoms with van der Waals surface area (Å²) in [6.45, 7) is 0. The van der Waals surface area contributed by atoms with Crippen molar-refractivity contribution in [2.45, 2.75) is 18.4 Å². The van der Waals surface area contributed by atoms with Crippen LogP contribution in [0.1, 0.15) is 17.5 Å². The zero-order valence-electron chi connectivity index (χ0n) is 6.96. The standard InChI is InChI=1S/C10H9FO2/c11-8-1-2-9-7(5-8)3-4-10(9,13)6-12/h1-2,5-6,13H,3-4H2. The number of aldehydes is 1. The van der Waals surface area contributed by atoms with Crippen LogP contribution < -0.4 is 0 Å². The van der Waals surface area contributed by atoms with E-state index in [0.717, 1.165) is 5.56 Å². The first kappa shape index (κ1) is 8.38. The summed E-state index contributed by atoms with van der Waals surface area (Å²) in [5.74, 6) is -0.325. The molecule has 1 aliphatic carbocycles. The highest BCUT2D eigenvalue weighted by atomic mass is 19.1. The van der Waals surface area contributed by atoms with Crippen LogP contribution >= 0.6 is 0 Å². The van der Waals surface area contributed by atoms with Crippen molar-refractivity contribution in [2.75, 3.05) is 0 Å². The molecule has 1 atom stereocenters. The molecule has 2 nitrogen and oxygen atoms in total. The molecule has 0 heterocycles. The number of rotatable bonds is 1. The maximum atomic E-state index is 12.7. The molecule has 0 bridgehead atoms. The van der Waals surface area contributed by atoms with Gasteiger partial charge in [-0.3, -0.25) is 4.79 Å². The molecule has 1 aromatic carbocycles. The fourth-order valence-electron chi connectivity index (χ4n) is 1.77. The molecule has 1 aromatic rings. The Morgan fingerprint density at radius 1 is 1.54 bits per heavy atom. The minimum Gasteiger partial charge on any atom is -0.378 e. The van der Waals surface area contributed by atoms with Gasteiger partial charge in [-0.05, 0) is 36.1 Å². The van der Waals surface area contributed by atoms with Crippen molar-refractivity contribution in [2.24, 2.45) is 0 Å². The number of benzene rings is 1. The van der Waals surface area contributed by atoms with E-state index in [1.807, 2.05) is 0 Å². The van der Waals surface area contributed by atoms with Gasteiger partial charge in [0.25, 0.3) is 0 Å². The van der Waals surface area contributed by atoms with Gasteiger partial charge in [0.2, 0.25) is 0 Å². The Bertz CT molecular complexity index is 362. The summed E-state index contributed by atoms with van der Waals surface area (Å²) in [5.41, 5.74) is -0.109. The SMILES string of the molecule is O=CC1(O)CCc2cc(F)ccc21. The van der Waals surface area contributed by atoms with E-state index in [0.29, 0.717) is 24.7 Å². The average molecular weight is 180 g/mol. The molecule has 0 fully saturated rings. The smallest absolute Gasteiger partial charge is 0.156 e. The molecule has 2 rings (SSSR count). The fraction of sp³-hybridized carbons (Fsp3) is 0.300. The Kier molecular flexibility index (Phi) is 1.70. The number of fused-ring (bicyclic) bond motifs is 1. The first-order chi connectivity index (χ1) is 6.15. The minimum absolute atomic E-state index is 0.325. The van der Waals surface area contributed by atoms with Crippen LogP contribution in [0.2, 0.25) is 0 Å². The summed E-state index contributed by atoms with van der Waals surface area (Å²) in [6, 6.07) is 4.11. The zero-order chi connectivity index (χ0) is 9.47. The number of halogens is 1. The maximum absolute atomic E-state index is 12.7. The number of aryl methyl sites for hydroxylation is 1. The average Bonchev–Trinajstić information content (AvgIpc) is 2.45. The van der Waals surface area contributed by atoms with Crippen LogP contribution in [0.4, 0.5) is 4.39 Å². The Hall–Kier alpha value is -1.22. The van der Waals surface area contributed by atoms with Gasteiger partial charge in [-0.25, -0.2) is 4.39 Å². The van der Waals surface area contributed by atoms with Crippen molar-refractivity contribution in [3.8, 4) is 0 Å². The van der Waals surface area contributed by atoms with Crippen molar-refractivity contribution >= 4 is 6.29 Å². The van der Waals surface area contributed by atoms with Gasteiger partial charge in [-0.1, -0.05) is 6.07 Å². The normalized spacial score (nSPS) is 25.7. The Balaban J connectivity index is 2.55. The molecule has 0 spiro atoms. The molecule has 0 saturated carbocycles. The molecule has 1 unspecified atom stereocenters. The van der Waals surface area contributed by atoms with Crippen molar-refractivity contribution in [3.05, 3.63) is 35.1 Å². The first-order valence-corrected chi connectivity index (χ1v) is 4.13. The van der Waals surface area contributed by atoms with Crippen molar-refractivity contribution in [1.29, 1.82) is 0 Å². The van der Waals surface area contributed by atoms with Gasteiger partial charge in [0.05, 0.1) is 0 Å². The Morgan fingerprint density at radius 3 is 3.00 bits per heavy atom. The van der Waals surface area contributed by atoms with Gasteiger partial charge in [-0.2, -0.15) is 0 Å². The van der Waals surface area contributed by atoms with E-state index >= 15 is 0 Å². The minimum atomic E-state index is -1.39. The van der Waals surface area contributed by atoms with Crippen LogP contribution in [-0.4, -0.2) is 11.4 Å². The molecule has 0 radical (unpaired) electrons. The summed E-state index contributed by atoms with van der Waals surface area (Å²) in [5, 5.41) is 9.75. The predicted molar refractivity (Wildman–Crippen MR) is 44.7 cm³/mol. The van der Waals surface area contributed by atoms with Gasteiger partial charge in [-0.15, -0.1) is 0 Å². The zero-order valence-corrected chi connectivity index (χ0v) is 6.96. The third-order valence-corrected chi connectivity index (χ3v) is 2.50. The number of aliphatic hydroxyl groups is 1. The lowest BCUT2D eigenvalue weighted by molar-refractivity contribution is -0.124. The number of carbonyl (C=O) groups is 1. The van der Waals surface area contributed by atoms with E-state index in [9.17, 15) is 14.3 Å². The topological polar surface area (TPSA) is 37.3 Å². The molecule has 1 aliphatic rings. The highest BCUT2D eigenvalue weighted by Crippen LogP contribution is 2.35. The Morgan fingerprint density at radius 2 is 2.31 bits per heavy atom. The molecule has 3 heteroatoms. The summed E-state index contributed by atoms with van der Waals surface area (Å²) in [7, 11) is 0. The summed E-state index contributed by atoms with van der Waals surface area (Å²) < 4.78 is 12.7. The second-order valence-electron chi connectivity index (χ2n) is 3.34. The second-order valence-corrected chi connectivity index (χ2v) is 3.34. The number of carbonyl (C=O) groups excluding carboxylic acids is 1. The highest BCUT2D eigenvalue weighted by Gasteiger charge is 2.36. The van der Waals surface area contributed by atoms with Crippen LogP contribution in [0.5, 0.6) is 0 Å². The molecule has 13 heavy (non-hydrogen) atoms. The molecule has 68 valence electrons. The van der Waals surface area contributed by atoms with Gasteiger partial charge >= 0.3 is 0 Å². The van der Waals surface area contributed by atoms with E-state index in [4.69, 9.17) is 0 Å². The van der Waals surface area contributed by atoms with E-state index in [-0.39, 0.29) is 5.82 Å². The van der Waals surface area contributed by atoms with E-state index in [1.165, 1.54) is 18.2 Å². The van der Waals surface area contributed by atoms with Crippen LogP contribution in [0.15, 0.2) is 18.2 Å². The molecular weight excluding hydrogens is 171 g/mol. The largest absolute Gasteiger partial charge is 0.378 e. The summed E-state index contributed by atoms with van der Waals surface area (Å²) in [4.78, 5) is 10.6.